The molecule has 1 unspecified atom stereocenters. The molecule has 0 aliphatic heterocycles. The van der Waals surface area contributed by atoms with Gasteiger partial charge < -0.3 is 10.1 Å². The smallest absolute Gasteiger partial charge is 0.265 e. The monoisotopic (exact) mass is 281 g/mol. The third kappa shape index (κ3) is 3.24. The van der Waals surface area contributed by atoms with Crippen molar-refractivity contribution in [2.45, 2.75) is 32.3 Å². The number of rotatable bonds is 4. The Labute approximate surface area is 124 Å². The molecule has 0 bridgehead atoms. The average Bonchev–Trinajstić information content (AvgIpc) is 2.95. The molecule has 3 nitrogen and oxygen atoms in total. The summed E-state index contributed by atoms with van der Waals surface area (Å²) in [6, 6.07) is 15.6. The second-order valence-electron chi connectivity index (χ2n) is 5.40. The molecular weight excluding hydrogens is 262 g/mol. The summed E-state index contributed by atoms with van der Waals surface area (Å²) >= 11 is 0. The van der Waals surface area contributed by atoms with Gasteiger partial charge in [0.15, 0.2) is 6.10 Å². The topological polar surface area (TPSA) is 38.3 Å². The summed E-state index contributed by atoms with van der Waals surface area (Å²) in [5.41, 5.74) is 3.61. The van der Waals surface area contributed by atoms with E-state index in [0.29, 0.717) is 5.75 Å². The van der Waals surface area contributed by atoms with Crippen LogP contribution in [0.3, 0.4) is 0 Å². The van der Waals surface area contributed by atoms with Gasteiger partial charge in [-0.3, -0.25) is 4.79 Å². The molecule has 0 saturated heterocycles. The molecule has 2 aromatic rings. The average molecular weight is 281 g/mol. The maximum Gasteiger partial charge on any atom is 0.265 e. The minimum atomic E-state index is -0.527. The third-order valence-electron chi connectivity index (χ3n) is 3.79. The first-order valence-electron chi connectivity index (χ1n) is 7.37. The van der Waals surface area contributed by atoms with E-state index in [2.05, 4.69) is 17.4 Å². The van der Waals surface area contributed by atoms with Gasteiger partial charge in [0.05, 0.1) is 0 Å². The number of carbonyl (C=O) groups is 1. The first kappa shape index (κ1) is 13.7. The number of benzene rings is 2. The fraction of sp³-hybridized carbons (Fsp3) is 0.278. The third-order valence-corrected chi connectivity index (χ3v) is 3.79. The summed E-state index contributed by atoms with van der Waals surface area (Å²) in [4.78, 5) is 12.2. The van der Waals surface area contributed by atoms with E-state index < -0.39 is 6.10 Å². The fourth-order valence-corrected chi connectivity index (χ4v) is 2.65. The van der Waals surface area contributed by atoms with E-state index in [0.717, 1.165) is 18.5 Å². The van der Waals surface area contributed by atoms with E-state index in [1.54, 1.807) is 6.92 Å². The summed E-state index contributed by atoms with van der Waals surface area (Å²) in [7, 11) is 0. The lowest BCUT2D eigenvalue weighted by molar-refractivity contribution is -0.122. The number of amides is 1. The van der Waals surface area contributed by atoms with Gasteiger partial charge in [0.2, 0.25) is 0 Å². The van der Waals surface area contributed by atoms with Gasteiger partial charge in [-0.2, -0.15) is 0 Å². The Bertz CT molecular complexity index is 637. The van der Waals surface area contributed by atoms with Crippen LogP contribution >= 0.6 is 0 Å². The maximum atomic E-state index is 12.2. The van der Waals surface area contributed by atoms with Crippen LogP contribution in [0.15, 0.2) is 48.5 Å². The fourth-order valence-electron chi connectivity index (χ4n) is 2.65. The second kappa shape index (κ2) is 6.00. The molecule has 2 aromatic carbocycles. The van der Waals surface area contributed by atoms with Crippen molar-refractivity contribution in [3.8, 4) is 5.75 Å². The summed E-state index contributed by atoms with van der Waals surface area (Å²) in [6.45, 7) is 1.76. The highest BCUT2D eigenvalue weighted by Crippen LogP contribution is 2.25. The molecule has 0 saturated carbocycles. The molecule has 0 radical (unpaired) electrons. The van der Waals surface area contributed by atoms with E-state index in [-0.39, 0.29) is 5.91 Å². The van der Waals surface area contributed by atoms with E-state index >= 15 is 0 Å². The zero-order valence-corrected chi connectivity index (χ0v) is 12.1. The zero-order valence-electron chi connectivity index (χ0n) is 12.1. The standard InChI is InChI=1S/C18H19NO2/c1-13(21-17-8-3-2-4-9-17)18(20)19-16-11-10-14-6-5-7-15(14)12-16/h2-4,8-13H,5-7H2,1H3,(H,19,20). The van der Waals surface area contributed by atoms with Crippen LogP contribution in [0.25, 0.3) is 0 Å². The summed E-state index contributed by atoms with van der Waals surface area (Å²) in [5, 5.41) is 2.93. The molecule has 108 valence electrons. The van der Waals surface area contributed by atoms with Crippen LogP contribution < -0.4 is 10.1 Å². The minimum Gasteiger partial charge on any atom is -0.481 e. The van der Waals surface area contributed by atoms with Crippen LogP contribution in [-0.2, 0) is 17.6 Å². The molecule has 0 spiro atoms. The number of hydrogen-bond donors (Lipinski definition) is 1. The molecule has 0 aromatic heterocycles. The number of hydrogen-bond acceptors (Lipinski definition) is 2. The Kier molecular flexibility index (Phi) is 3.91. The van der Waals surface area contributed by atoms with E-state index in [1.807, 2.05) is 36.4 Å². The highest BCUT2D eigenvalue weighted by atomic mass is 16.5. The molecule has 21 heavy (non-hydrogen) atoms. The Balaban J connectivity index is 1.63. The SMILES string of the molecule is CC(Oc1ccccc1)C(=O)Nc1ccc2c(c1)CCC2. The van der Waals surface area contributed by atoms with Gasteiger partial charge in [0.1, 0.15) is 5.75 Å². The predicted octanol–water partition coefficient (Wildman–Crippen LogP) is 3.58. The van der Waals surface area contributed by atoms with Gasteiger partial charge in [-0.1, -0.05) is 24.3 Å². The summed E-state index contributed by atoms with van der Waals surface area (Å²) < 4.78 is 5.63. The van der Waals surface area contributed by atoms with Crippen molar-refractivity contribution < 1.29 is 9.53 Å². The lowest BCUT2D eigenvalue weighted by Gasteiger charge is -2.15. The van der Waals surface area contributed by atoms with Gasteiger partial charge in [-0.25, -0.2) is 0 Å². The zero-order chi connectivity index (χ0) is 14.7. The molecule has 3 rings (SSSR count). The Hall–Kier alpha value is -2.29. The molecule has 1 amide bonds. The van der Waals surface area contributed by atoms with E-state index in [4.69, 9.17) is 4.74 Å². The van der Waals surface area contributed by atoms with E-state index in [9.17, 15) is 4.79 Å². The first-order valence-corrected chi connectivity index (χ1v) is 7.37. The molecule has 0 heterocycles. The molecule has 1 N–H and O–H groups in total. The van der Waals surface area contributed by atoms with Crippen LogP contribution in [0.5, 0.6) is 5.75 Å². The highest BCUT2D eigenvalue weighted by Gasteiger charge is 2.16. The van der Waals surface area contributed by atoms with Crippen molar-refractivity contribution in [2.24, 2.45) is 0 Å². The largest absolute Gasteiger partial charge is 0.481 e. The highest BCUT2D eigenvalue weighted by molar-refractivity contribution is 5.94. The molecule has 0 fully saturated rings. The molecule has 1 aliphatic carbocycles. The molecule has 1 atom stereocenters. The minimum absolute atomic E-state index is 0.128. The van der Waals surface area contributed by atoms with Crippen LogP contribution in [0.1, 0.15) is 24.5 Å². The van der Waals surface area contributed by atoms with Crippen LogP contribution in [-0.4, -0.2) is 12.0 Å². The van der Waals surface area contributed by atoms with Crippen LogP contribution in [0.2, 0.25) is 0 Å². The Morgan fingerprint density at radius 1 is 1.10 bits per heavy atom. The molecular formula is C18H19NO2. The Morgan fingerprint density at radius 3 is 2.67 bits per heavy atom. The van der Waals surface area contributed by atoms with Crippen molar-refractivity contribution in [3.05, 3.63) is 59.7 Å². The maximum absolute atomic E-state index is 12.2. The normalized spacial score (nSPS) is 14.3. The number of carbonyl (C=O) groups excluding carboxylic acids is 1. The van der Waals surface area contributed by atoms with Crippen molar-refractivity contribution in [3.63, 3.8) is 0 Å². The quantitative estimate of drug-likeness (QED) is 0.930. The number of para-hydroxylation sites is 1. The number of aryl methyl sites for hydroxylation is 2. The van der Waals surface area contributed by atoms with Gasteiger partial charge in [0.25, 0.3) is 5.91 Å². The van der Waals surface area contributed by atoms with Gasteiger partial charge in [0, 0.05) is 5.69 Å². The van der Waals surface area contributed by atoms with Crippen molar-refractivity contribution >= 4 is 11.6 Å². The number of anilines is 1. The Morgan fingerprint density at radius 2 is 1.86 bits per heavy atom. The van der Waals surface area contributed by atoms with Gasteiger partial charge in [-0.05, 0) is 61.6 Å². The number of nitrogens with one attached hydrogen (secondary N) is 1. The lowest BCUT2D eigenvalue weighted by atomic mass is 10.1. The van der Waals surface area contributed by atoms with E-state index in [1.165, 1.54) is 17.5 Å². The van der Waals surface area contributed by atoms with Crippen molar-refractivity contribution in [1.29, 1.82) is 0 Å². The van der Waals surface area contributed by atoms with Crippen molar-refractivity contribution in [1.82, 2.24) is 0 Å². The molecule has 3 heteroatoms. The predicted molar refractivity (Wildman–Crippen MR) is 83.6 cm³/mol. The summed E-state index contributed by atoms with van der Waals surface area (Å²) in [5.74, 6) is 0.575. The van der Waals surface area contributed by atoms with Gasteiger partial charge >= 0.3 is 0 Å². The first-order chi connectivity index (χ1) is 10.2. The number of ether oxygens (including phenoxy) is 1. The van der Waals surface area contributed by atoms with Crippen LogP contribution in [0.4, 0.5) is 5.69 Å². The van der Waals surface area contributed by atoms with Gasteiger partial charge in [-0.15, -0.1) is 0 Å². The van der Waals surface area contributed by atoms with Crippen LogP contribution in [0, 0.1) is 0 Å². The lowest BCUT2D eigenvalue weighted by Crippen LogP contribution is -2.30. The van der Waals surface area contributed by atoms with Crippen molar-refractivity contribution in [2.75, 3.05) is 5.32 Å². The molecule has 1 aliphatic rings. The summed E-state index contributed by atoms with van der Waals surface area (Å²) in [6.07, 6.45) is 2.94. The second-order valence-corrected chi connectivity index (χ2v) is 5.40. The number of fused-ring (bicyclic) bond motifs is 1.